The molecule has 1 aromatic rings. The van der Waals surface area contributed by atoms with Gasteiger partial charge in [0.1, 0.15) is 0 Å². The molecule has 1 aliphatic rings. The van der Waals surface area contributed by atoms with Crippen LogP contribution in [0, 0.1) is 0 Å². The Morgan fingerprint density at radius 1 is 1.53 bits per heavy atom. The SMILES string of the molecule is CCC(N)C(c1cccs1)N1CCC(O)CC1. The summed E-state index contributed by atoms with van der Waals surface area (Å²) in [6.07, 6.45) is 2.62. The van der Waals surface area contributed by atoms with Crippen molar-refractivity contribution in [2.24, 2.45) is 5.73 Å². The molecule has 0 aromatic carbocycles. The lowest BCUT2D eigenvalue weighted by Gasteiger charge is -2.38. The highest BCUT2D eigenvalue weighted by atomic mass is 32.1. The Bertz CT molecular complexity index is 320. The van der Waals surface area contributed by atoms with Crippen molar-refractivity contribution in [1.29, 1.82) is 0 Å². The molecule has 3 N–H and O–H groups in total. The molecule has 0 radical (unpaired) electrons. The molecule has 17 heavy (non-hydrogen) atoms. The number of aliphatic hydroxyl groups excluding tert-OH is 1. The van der Waals surface area contributed by atoms with E-state index in [1.165, 1.54) is 4.88 Å². The number of hydrogen-bond donors (Lipinski definition) is 2. The first-order valence-electron chi connectivity index (χ1n) is 6.43. The van der Waals surface area contributed by atoms with Crippen LogP contribution in [0.1, 0.15) is 37.1 Å². The number of thiophene rings is 1. The van der Waals surface area contributed by atoms with Gasteiger partial charge in [-0.05, 0) is 30.7 Å². The molecule has 1 aliphatic heterocycles. The van der Waals surface area contributed by atoms with Crippen LogP contribution in [0.2, 0.25) is 0 Å². The van der Waals surface area contributed by atoms with Crippen LogP contribution in [0.5, 0.6) is 0 Å². The van der Waals surface area contributed by atoms with Crippen LogP contribution >= 0.6 is 11.3 Å². The van der Waals surface area contributed by atoms with Crippen LogP contribution in [0.3, 0.4) is 0 Å². The molecule has 1 saturated heterocycles. The van der Waals surface area contributed by atoms with Gasteiger partial charge in [-0.1, -0.05) is 13.0 Å². The van der Waals surface area contributed by atoms with Gasteiger partial charge in [0, 0.05) is 24.0 Å². The number of aliphatic hydroxyl groups is 1. The normalized spacial score (nSPS) is 22.5. The fourth-order valence-electron chi connectivity index (χ4n) is 2.51. The van der Waals surface area contributed by atoms with Crippen LogP contribution in [0.15, 0.2) is 17.5 Å². The summed E-state index contributed by atoms with van der Waals surface area (Å²) >= 11 is 1.79. The smallest absolute Gasteiger partial charge is 0.0593 e. The predicted octanol–water partition coefficient (Wildman–Crippen LogP) is 1.98. The van der Waals surface area contributed by atoms with Gasteiger partial charge < -0.3 is 10.8 Å². The lowest BCUT2D eigenvalue weighted by atomic mass is 9.99. The Balaban J connectivity index is 2.10. The maximum absolute atomic E-state index is 9.58. The zero-order valence-corrected chi connectivity index (χ0v) is 11.2. The number of piperidine rings is 1. The second-order valence-corrected chi connectivity index (χ2v) is 5.78. The second kappa shape index (κ2) is 5.96. The van der Waals surface area contributed by atoms with Crippen molar-refractivity contribution in [2.45, 2.75) is 44.4 Å². The Labute approximate surface area is 107 Å². The first kappa shape index (κ1) is 13.0. The molecule has 1 fully saturated rings. The van der Waals surface area contributed by atoms with E-state index in [0.29, 0.717) is 6.04 Å². The summed E-state index contributed by atoms with van der Waals surface area (Å²) in [4.78, 5) is 3.79. The van der Waals surface area contributed by atoms with Crippen LogP contribution in [-0.2, 0) is 0 Å². The van der Waals surface area contributed by atoms with Crippen molar-refractivity contribution < 1.29 is 5.11 Å². The van der Waals surface area contributed by atoms with Crippen LogP contribution in [0.25, 0.3) is 0 Å². The number of likely N-dealkylation sites (tertiary alicyclic amines) is 1. The molecule has 2 atom stereocenters. The topological polar surface area (TPSA) is 49.5 Å². The molecule has 2 heterocycles. The lowest BCUT2D eigenvalue weighted by molar-refractivity contribution is 0.0539. The lowest BCUT2D eigenvalue weighted by Crippen LogP contribution is -2.45. The van der Waals surface area contributed by atoms with Crippen LogP contribution in [-0.4, -0.2) is 35.2 Å². The zero-order chi connectivity index (χ0) is 12.3. The van der Waals surface area contributed by atoms with Gasteiger partial charge in [-0.2, -0.15) is 0 Å². The summed E-state index contributed by atoms with van der Waals surface area (Å²) < 4.78 is 0. The van der Waals surface area contributed by atoms with E-state index >= 15 is 0 Å². The minimum atomic E-state index is -0.118. The molecule has 0 bridgehead atoms. The second-order valence-electron chi connectivity index (χ2n) is 4.80. The predicted molar refractivity (Wildman–Crippen MR) is 72.1 cm³/mol. The van der Waals surface area contributed by atoms with Crippen molar-refractivity contribution in [3.05, 3.63) is 22.4 Å². The molecule has 3 nitrogen and oxygen atoms in total. The van der Waals surface area contributed by atoms with Crippen molar-refractivity contribution >= 4 is 11.3 Å². The maximum Gasteiger partial charge on any atom is 0.0593 e. The first-order valence-corrected chi connectivity index (χ1v) is 7.31. The third-order valence-electron chi connectivity index (χ3n) is 3.60. The van der Waals surface area contributed by atoms with Crippen LogP contribution < -0.4 is 5.73 Å². The van der Waals surface area contributed by atoms with Gasteiger partial charge in [0.2, 0.25) is 0 Å². The summed E-state index contributed by atoms with van der Waals surface area (Å²) in [5.74, 6) is 0. The van der Waals surface area contributed by atoms with Gasteiger partial charge in [0.15, 0.2) is 0 Å². The highest BCUT2D eigenvalue weighted by Gasteiger charge is 2.29. The van der Waals surface area contributed by atoms with Gasteiger partial charge in [-0.15, -0.1) is 11.3 Å². The quantitative estimate of drug-likeness (QED) is 0.864. The molecule has 0 spiro atoms. The van der Waals surface area contributed by atoms with E-state index in [2.05, 4.69) is 29.3 Å². The minimum Gasteiger partial charge on any atom is -0.393 e. The zero-order valence-electron chi connectivity index (χ0n) is 10.4. The Kier molecular flexibility index (Phi) is 4.56. The number of hydrogen-bond acceptors (Lipinski definition) is 4. The number of rotatable bonds is 4. The van der Waals surface area contributed by atoms with Gasteiger partial charge in [-0.25, -0.2) is 0 Å². The van der Waals surface area contributed by atoms with Gasteiger partial charge >= 0.3 is 0 Å². The molecule has 0 amide bonds. The van der Waals surface area contributed by atoms with E-state index < -0.39 is 0 Å². The van der Waals surface area contributed by atoms with Crippen molar-refractivity contribution in [3.63, 3.8) is 0 Å². The summed E-state index contributed by atoms with van der Waals surface area (Å²) in [6, 6.07) is 4.78. The Morgan fingerprint density at radius 3 is 2.76 bits per heavy atom. The molecule has 1 aromatic heterocycles. The molecular weight excluding hydrogens is 232 g/mol. The third-order valence-corrected chi connectivity index (χ3v) is 4.55. The van der Waals surface area contributed by atoms with Gasteiger partial charge in [-0.3, -0.25) is 4.90 Å². The molecular formula is C13H22N2OS. The Morgan fingerprint density at radius 2 is 2.24 bits per heavy atom. The molecule has 0 saturated carbocycles. The maximum atomic E-state index is 9.58. The largest absolute Gasteiger partial charge is 0.393 e. The Hall–Kier alpha value is -0.420. The summed E-state index contributed by atoms with van der Waals surface area (Å²) in [5.41, 5.74) is 6.28. The summed E-state index contributed by atoms with van der Waals surface area (Å²) in [7, 11) is 0. The molecule has 2 rings (SSSR count). The van der Waals surface area contributed by atoms with E-state index in [4.69, 9.17) is 5.73 Å². The van der Waals surface area contributed by atoms with E-state index in [0.717, 1.165) is 32.4 Å². The molecule has 96 valence electrons. The molecule has 2 unspecified atom stereocenters. The standard InChI is InChI=1S/C13H22N2OS/c1-2-11(14)13(12-4-3-9-17-12)15-7-5-10(16)6-8-15/h3-4,9-11,13,16H,2,5-8,14H2,1H3. The average Bonchev–Trinajstić information content (AvgIpc) is 2.85. The van der Waals surface area contributed by atoms with Gasteiger partial charge in [0.25, 0.3) is 0 Å². The minimum absolute atomic E-state index is 0.118. The van der Waals surface area contributed by atoms with E-state index in [1.807, 2.05) is 0 Å². The van der Waals surface area contributed by atoms with E-state index in [1.54, 1.807) is 11.3 Å². The third kappa shape index (κ3) is 3.07. The number of nitrogens with two attached hydrogens (primary N) is 1. The summed E-state index contributed by atoms with van der Waals surface area (Å²) in [5, 5.41) is 11.7. The fraction of sp³-hybridized carbons (Fsp3) is 0.692. The van der Waals surface area contributed by atoms with Crippen molar-refractivity contribution in [3.8, 4) is 0 Å². The van der Waals surface area contributed by atoms with Gasteiger partial charge in [0.05, 0.1) is 12.1 Å². The first-order chi connectivity index (χ1) is 8.22. The average molecular weight is 254 g/mol. The highest BCUT2D eigenvalue weighted by Crippen LogP contribution is 2.30. The summed E-state index contributed by atoms with van der Waals surface area (Å²) in [6.45, 7) is 4.05. The van der Waals surface area contributed by atoms with E-state index in [-0.39, 0.29) is 12.1 Å². The molecule has 0 aliphatic carbocycles. The number of nitrogens with zero attached hydrogens (tertiary/aromatic N) is 1. The van der Waals surface area contributed by atoms with Crippen LogP contribution in [0.4, 0.5) is 0 Å². The molecule has 4 heteroatoms. The van der Waals surface area contributed by atoms with E-state index in [9.17, 15) is 5.11 Å². The van der Waals surface area contributed by atoms with Crippen molar-refractivity contribution in [1.82, 2.24) is 4.90 Å². The fourth-order valence-corrected chi connectivity index (χ4v) is 3.44. The monoisotopic (exact) mass is 254 g/mol. The highest BCUT2D eigenvalue weighted by molar-refractivity contribution is 7.10. The van der Waals surface area contributed by atoms with Crippen molar-refractivity contribution in [2.75, 3.05) is 13.1 Å².